The number of piperazine rings is 1. The summed E-state index contributed by atoms with van der Waals surface area (Å²) in [5.41, 5.74) is 13.2. The fourth-order valence-corrected chi connectivity index (χ4v) is 3.56. The van der Waals surface area contributed by atoms with Crippen molar-refractivity contribution in [2.75, 3.05) is 47.1 Å². The van der Waals surface area contributed by atoms with E-state index in [1.807, 2.05) is 24.3 Å². The average molecular weight is 442 g/mol. The van der Waals surface area contributed by atoms with E-state index in [0.717, 1.165) is 31.9 Å². The highest BCUT2D eigenvalue weighted by atomic mass is 35.5. The van der Waals surface area contributed by atoms with Gasteiger partial charge in [0.2, 0.25) is 0 Å². The zero-order chi connectivity index (χ0) is 21.8. The molecular weight excluding hydrogens is 421 g/mol. The summed E-state index contributed by atoms with van der Waals surface area (Å²) in [6.45, 7) is 3.01. The first kappa shape index (κ1) is 20.7. The fourth-order valence-electron chi connectivity index (χ4n) is 3.38. The molecule has 1 fully saturated rings. The Morgan fingerprint density at radius 1 is 1.03 bits per heavy atom. The van der Waals surface area contributed by atoms with Gasteiger partial charge < -0.3 is 15.5 Å². The van der Waals surface area contributed by atoms with Gasteiger partial charge >= 0.3 is 0 Å². The first-order valence-corrected chi connectivity index (χ1v) is 10.1. The first-order chi connectivity index (χ1) is 15.0. The largest absolute Gasteiger partial charge is 0.393 e. The van der Waals surface area contributed by atoms with Crippen LogP contribution < -0.4 is 26.4 Å². The van der Waals surface area contributed by atoms with Crippen LogP contribution in [0.15, 0.2) is 54.9 Å². The van der Waals surface area contributed by atoms with Crippen LogP contribution in [0.25, 0.3) is 0 Å². The van der Waals surface area contributed by atoms with Gasteiger partial charge in [-0.1, -0.05) is 17.7 Å². The van der Waals surface area contributed by atoms with E-state index in [1.54, 1.807) is 0 Å². The molecular formula is C21H21ClFN7O. The maximum atomic E-state index is 13.0. The monoisotopic (exact) mass is 441 g/mol. The maximum absolute atomic E-state index is 13.0. The van der Waals surface area contributed by atoms with Crippen molar-refractivity contribution in [2.45, 2.75) is 0 Å². The molecule has 1 aliphatic heterocycles. The lowest BCUT2D eigenvalue weighted by atomic mass is 10.2. The molecule has 3 aromatic rings. The molecule has 1 amide bonds. The molecule has 0 spiro atoms. The Bertz CT molecular complexity index is 1070. The number of halogens is 2. The maximum Gasteiger partial charge on any atom is 0.269 e. The predicted octanol–water partition coefficient (Wildman–Crippen LogP) is 2.93. The van der Waals surface area contributed by atoms with Crippen LogP contribution in [0.3, 0.4) is 0 Å². The molecule has 4 N–H and O–H groups in total. The Labute approximate surface area is 183 Å². The number of carbonyl (C=O) groups is 1. The zero-order valence-corrected chi connectivity index (χ0v) is 17.3. The minimum absolute atomic E-state index is 0.290. The summed E-state index contributed by atoms with van der Waals surface area (Å²) in [5, 5.41) is 0.707. The molecule has 1 aromatic heterocycles. The number of anilines is 4. The van der Waals surface area contributed by atoms with Crippen molar-refractivity contribution in [2.24, 2.45) is 0 Å². The number of nitrogen functional groups attached to an aromatic ring is 1. The highest BCUT2D eigenvalue weighted by Crippen LogP contribution is 2.28. The van der Waals surface area contributed by atoms with Crippen molar-refractivity contribution >= 4 is 40.5 Å². The number of nitrogens with two attached hydrogens (primary N) is 1. The molecule has 8 nitrogen and oxygen atoms in total. The van der Waals surface area contributed by atoms with Gasteiger partial charge in [0.15, 0.2) is 11.6 Å². The van der Waals surface area contributed by atoms with Crippen LogP contribution >= 0.6 is 11.6 Å². The summed E-state index contributed by atoms with van der Waals surface area (Å²) in [6.07, 6.45) is 1.39. The van der Waals surface area contributed by atoms with Gasteiger partial charge in [0.1, 0.15) is 17.8 Å². The lowest BCUT2D eigenvalue weighted by Gasteiger charge is -2.37. The number of hydrogen-bond donors (Lipinski definition) is 3. The quantitative estimate of drug-likeness (QED) is 0.523. The summed E-state index contributed by atoms with van der Waals surface area (Å²) in [6, 6.07) is 13.0. The lowest BCUT2D eigenvalue weighted by molar-refractivity contribution is 0.0962. The Morgan fingerprint density at radius 3 is 2.45 bits per heavy atom. The standard InChI is InChI=1S/C21H21ClFN7O/c22-15-2-1-3-17(12-15)29-8-10-30(11-9-29)20-18(24)19(25-13-26-20)27-28-21(31)14-4-6-16(23)7-5-14/h1-7,12-13H,8-11,24H2,(H,28,31)(H,25,26,27). The van der Waals surface area contributed by atoms with E-state index in [9.17, 15) is 9.18 Å². The molecule has 0 atom stereocenters. The minimum atomic E-state index is -0.435. The molecule has 2 heterocycles. The van der Waals surface area contributed by atoms with E-state index >= 15 is 0 Å². The van der Waals surface area contributed by atoms with E-state index < -0.39 is 11.7 Å². The van der Waals surface area contributed by atoms with Gasteiger partial charge in [-0.3, -0.25) is 15.6 Å². The van der Waals surface area contributed by atoms with Gasteiger partial charge in [0, 0.05) is 42.5 Å². The molecule has 31 heavy (non-hydrogen) atoms. The number of hydrazine groups is 1. The number of rotatable bonds is 5. The van der Waals surface area contributed by atoms with Gasteiger partial charge in [-0.2, -0.15) is 0 Å². The van der Waals surface area contributed by atoms with E-state index in [-0.39, 0.29) is 5.82 Å². The van der Waals surface area contributed by atoms with Crippen molar-refractivity contribution in [3.63, 3.8) is 0 Å². The van der Waals surface area contributed by atoms with Crippen LogP contribution in [-0.4, -0.2) is 42.1 Å². The van der Waals surface area contributed by atoms with Gasteiger partial charge in [-0.25, -0.2) is 14.4 Å². The van der Waals surface area contributed by atoms with E-state index in [0.29, 0.717) is 22.1 Å². The number of nitrogens with zero attached hydrogens (tertiary/aromatic N) is 4. The third-order valence-electron chi connectivity index (χ3n) is 5.02. The molecule has 1 aliphatic rings. The van der Waals surface area contributed by atoms with Crippen LogP contribution in [-0.2, 0) is 0 Å². The van der Waals surface area contributed by atoms with Crippen molar-refractivity contribution in [3.05, 3.63) is 71.3 Å². The molecule has 160 valence electrons. The zero-order valence-electron chi connectivity index (χ0n) is 16.6. The lowest BCUT2D eigenvalue weighted by Crippen LogP contribution is -2.47. The van der Waals surface area contributed by atoms with Gasteiger partial charge in [0.25, 0.3) is 5.91 Å². The minimum Gasteiger partial charge on any atom is -0.393 e. The molecule has 10 heteroatoms. The van der Waals surface area contributed by atoms with Gasteiger partial charge in [-0.15, -0.1) is 0 Å². The second kappa shape index (κ2) is 9.05. The summed E-state index contributed by atoms with van der Waals surface area (Å²) in [7, 11) is 0. The molecule has 2 aromatic carbocycles. The van der Waals surface area contributed by atoms with Gasteiger partial charge in [-0.05, 0) is 42.5 Å². The van der Waals surface area contributed by atoms with E-state index in [2.05, 4.69) is 30.6 Å². The Hall–Kier alpha value is -3.59. The second-order valence-corrected chi connectivity index (χ2v) is 7.44. The number of hydrogen-bond acceptors (Lipinski definition) is 7. The number of amides is 1. The number of benzene rings is 2. The van der Waals surface area contributed by atoms with Crippen LogP contribution in [0.5, 0.6) is 0 Å². The Morgan fingerprint density at radius 2 is 1.74 bits per heavy atom. The molecule has 0 unspecified atom stereocenters. The summed E-state index contributed by atoms with van der Waals surface area (Å²) in [5.74, 6) is 0.0383. The van der Waals surface area contributed by atoms with Crippen molar-refractivity contribution < 1.29 is 9.18 Å². The smallest absolute Gasteiger partial charge is 0.269 e. The highest BCUT2D eigenvalue weighted by Gasteiger charge is 2.22. The predicted molar refractivity (Wildman–Crippen MR) is 120 cm³/mol. The Balaban J connectivity index is 1.40. The third kappa shape index (κ3) is 4.77. The van der Waals surface area contributed by atoms with Crippen LogP contribution in [0, 0.1) is 5.82 Å². The van der Waals surface area contributed by atoms with Crippen LogP contribution in [0.1, 0.15) is 10.4 Å². The number of aromatic nitrogens is 2. The van der Waals surface area contributed by atoms with Crippen molar-refractivity contribution in [1.82, 2.24) is 15.4 Å². The van der Waals surface area contributed by atoms with Crippen molar-refractivity contribution in [1.29, 1.82) is 0 Å². The summed E-state index contributed by atoms with van der Waals surface area (Å²) in [4.78, 5) is 25.0. The van der Waals surface area contributed by atoms with E-state index in [1.165, 1.54) is 30.6 Å². The van der Waals surface area contributed by atoms with Crippen molar-refractivity contribution in [3.8, 4) is 0 Å². The average Bonchev–Trinajstić information content (AvgIpc) is 2.79. The fraction of sp³-hybridized carbons (Fsp3) is 0.190. The first-order valence-electron chi connectivity index (χ1n) is 9.69. The van der Waals surface area contributed by atoms with Crippen LogP contribution in [0.4, 0.5) is 27.4 Å². The highest BCUT2D eigenvalue weighted by molar-refractivity contribution is 6.30. The second-order valence-electron chi connectivity index (χ2n) is 7.00. The molecule has 4 rings (SSSR count). The molecule has 0 bridgehead atoms. The molecule has 0 aliphatic carbocycles. The third-order valence-corrected chi connectivity index (χ3v) is 5.25. The molecule has 1 saturated heterocycles. The number of carbonyl (C=O) groups excluding carboxylic acids is 1. The molecule has 0 radical (unpaired) electrons. The number of nitrogens with one attached hydrogen (secondary N) is 2. The molecule has 0 saturated carbocycles. The topological polar surface area (TPSA) is 99.4 Å². The summed E-state index contributed by atoms with van der Waals surface area (Å²) < 4.78 is 13.0. The summed E-state index contributed by atoms with van der Waals surface area (Å²) >= 11 is 6.10. The Kier molecular flexibility index (Phi) is 6.03. The SMILES string of the molecule is Nc1c(NNC(=O)c2ccc(F)cc2)ncnc1N1CCN(c2cccc(Cl)c2)CC1. The van der Waals surface area contributed by atoms with Crippen LogP contribution in [0.2, 0.25) is 5.02 Å². The van der Waals surface area contributed by atoms with Gasteiger partial charge in [0.05, 0.1) is 0 Å². The van der Waals surface area contributed by atoms with E-state index in [4.69, 9.17) is 17.3 Å². The normalized spacial score (nSPS) is 13.7.